The van der Waals surface area contributed by atoms with Crippen molar-refractivity contribution in [3.05, 3.63) is 11.8 Å². The first kappa shape index (κ1) is 10.2. The monoisotopic (exact) mass is 182 g/mol. The van der Waals surface area contributed by atoms with Crippen molar-refractivity contribution < 1.29 is 4.42 Å². The second-order valence-corrected chi connectivity index (χ2v) is 3.41. The first-order valence-corrected chi connectivity index (χ1v) is 5.07. The van der Waals surface area contributed by atoms with Gasteiger partial charge in [-0.1, -0.05) is 26.7 Å². The molecule has 0 aliphatic heterocycles. The Morgan fingerprint density at radius 3 is 2.54 bits per heavy atom. The maximum absolute atomic E-state index is 5.41. The number of aryl methyl sites for hydroxylation is 1. The van der Waals surface area contributed by atoms with Gasteiger partial charge in [-0.3, -0.25) is 0 Å². The highest BCUT2D eigenvalue weighted by Gasteiger charge is 2.14. The minimum absolute atomic E-state index is 0.459. The van der Waals surface area contributed by atoms with Crippen LogP contribution in [0.1, 0.15) is 57.2 Å². The summed E-state index contributed by atoms with van der Waals surface area (Å²) in [6.07, 6.45) is 4.71. The number of hydrogen-bond acceptors (Lipinski definition) is 3. The Balaban J connectivity index is 2.56. The molecule has 1 aromatic heterocycles. The van der Waals surface area contributed by atoms with Crippen molar-refractivity contribution in [1.29, 1.82) is 0 Å². The average molecular weight is 182 g/mol. The molecule has 0 bridgehead atoms. The Hall–Kier alpha value is -0.860. The van der Waals surface area contributed by atoms with Crippen LogP contribution in [0.3, 0.4) is 0 Å². The topological polar surface area (TPSA) is 38.9 Å². The van der Waals surface area contributed by atoms with Crippen LogP contribution in [0.4, 0.5) is 0 Å². The number of nitrogens with zero attached hydrogens (tertiary/aromatic N) is 2. The fraction of sp³-hybridized carbons (Fsp3) is 0.800. The second-order valence-electron chi connectivity index (χ2n) is 3.41. The van der Waals surface area contributed by atoms with E-state index in [1.807, 2.05) is 6.92 Å². The van der Waals surface area contributed by atoms with Crippen molar-refractivity contribution >= 4 is 0 Å². The van der Waals surface area contributed by atoms with Crippen LogP contribution in [0.25, 0.3) is 0 Å². The number of hydrogen-bond donors (Lipinski definition) is 0. The van der Waals surface area contributed by atoms with Crippen molar-refractivity contribution in [2.24, 2.45) is 0 Å². The summed E-state index contributed by atoms with van der Waals surface area (Å²) >= 11 is 0. The molecule has 1 heterocycles. The van der Waals surface area contributed by atoms with Gasteiger partial charge in [0.25, 0.3) is 0 Å². The summed E-state index contributed by atoms with van der Waals surface area (Å²) in [5, 5.41) is 7.90. The van der Waals surface area contributed by atoms with Gasteiger partial charge in [0.05, 0.1) is 0 Å². The van der Waals surface area contributed by atoms with E-state index in [1.165, 1.54) is 12.8 Å². The van der Waals surface area contributed by atoms with Crippen LogP contribution >= 0.6 is 0 Å². The van der Waals surface area contributed by atoms with Crippen molar-refractivity contribution in [3.8, 4) is 0 Å². The zero-order chi connectivity index (χ0) is 9.68. The van der Waals surface area contributed by atoms with Crippen LogP contribution in [0.15, 0.2) is 4.42 Å². The van der Waals surface area contributed by atoms with Gasteiger partial charge in [0.2, 0.25) is 11.8 Å². The summed E-state index contributed by atoms with van der Waals surface area (Å²) in [5.74, 6) is 1.94. The molecule has 1 atom stereocenters. The molecule has 0 aliphatic rings. The van der Waals surface area contributed by atoms with E-state index in [4.69, 9.17) is 4.42 Å². The SMILES string of the molecule is CCCCC(CC)c1nnc(C)o1. The average Bonchev–Trinajstić information content (AvgIpc) is 2.54. The zero-order valence-corrected chi connectivity index (χ0v) is 8.71. The molecule has 3 heteroatoms. The summed E-state index contributed by atoms with van der Waals surface area (Å²) in [6, 6.07) is 0. The predicted octanol–water partition coefficient (Wildman–Crippen LogP) is 3.06. The lowest BCUT2D eigenvalue weighted by molar-refractivity contribution is 0.402. The zero-order valence-electron chi connectivity index (χ0n) is 8.71. The molecule has 0 fully saturated rings. The van der Waals surface area contributed by atoms with Gasteiger partial charge < -0.3 is 4.42 Å². The van der Waals surface area contributed by atoms with Gasteiger partial charge in [-0.2, -0.15) is 0 Å². The lowest BCUT2D eigenvalue weighted by atomic mass is 10.00. The first-order valence-electron chi connectivity index (χ1n) is 5.07. The van der Waals surface area contributed by atoms with Crippen LogP contribution in [0.2, 0.25) is 0 Å². The summed E-state index contributed by atoms with van der Waals surface area (Å²) < 4.78 is 5.41. The van der Waals surface area contributed by atoms with Gasteiger partial charge in [0.1, 0.15) is 0 Å². The third-order valence-corrected chi connectivity index (χ3v) is 2.29. The number of aromatic nitrogens is 2. The number of unbranched alkanes of at least 4 members (excludes halogenated alkanes) is 1. The molecule has 0 saturated carbocycles. The molecule has 1 rings (SSSR count). The molecule has 0 amide bonds. The van der Waals surface area contributed by atoms with Gasteiger partial charge in [-0.25, -0.2) is 0 Å². The van der Waals surface area contributed by atoms with Crippen molar-refractivity contribution in [2.75, 3.05) is 0 Å². The lowest BCUT2D eigenvalue weighted by Gasteiger charge is -2.08. The van der Waals surface area contributed by atoms with Gasteiger partial charge in [0, 0.05) is 12.8 Å². The molecule has 0 aromatic carbocycles. The van der Waals surface area contributed by atoms with Gasteiger partial charge in [-0.15, -0.1) is 10.2 Å². The smallest absolute Gasteiger partial charge is 0.219 e. The minimum atomic E-state index is 0.459. The third-order valence-electron chi connectivity index (χ3n) is 2.29. The van der Waals surface area contributed by atoms with Crippen LogP contribution in [-0.4, -0.2) is 10.2 Å². The molecule has 3 nitrogen and oxygen atoms in total. The summed E-state index contributed by atoms with van der Waals surface area (Å²) in [5.41, 5.74) is 0. The Morgan fingerprint density at radius 2 is 2.08 bits per heavy atom. The number of rotatable bonds is 5. The van der Waals surface area contributed by atoms with Crippen molar-refractivity contribution in [3.63, 3.8) is 0 Å². The standard InChI is InChI=1S/C10H18N2O/c1-4-6-7-9(5-2)10-12-11-8(3)13-10/h9H,4-7H2,1-3H3. The molecule has 0 radical (unpaired) electrons. The molecule has 13 heavy (non-hydrogen) atoms. The van der Waals surface area contributed by atoms with E-state index in [2.05, 4.69) is 24.0 Å². The van der Waals surface area contributed by atoms with Crippen LogP contribution < -0.4 is 0 Å². The van der Waals surface area contributed by atoms with E-state index in [-0.39, 0.29) is 0 Å². The summed E-state index contributed by atoms with van der Waals surface area (Å²) in [7, 11) is 0. The van der Waals surface area contributed by atoms with Gasteiger partial charge in [0.15, 0.2) is 0 Å². The van der Waals surface area contributed by atoms with E-state index in [0.717, 1.165) is 18.7 Å². The van der Waals surface area contributed by atoms with E-state index >= 15 is 0 Å². The fourth-order valence-electron chi connectivity index (χ4n) is 1.43. The molecule has 0 aliphatic carbocycles. The van der Waals surface area contributed by atoms with E-state index < -0.39 is 0 Å². The van der Waals surface area contributed by atoms with Gasteiger partial charge in [-0.05, 0) is 12.8 Å². The maximum Gasteiger partial charge on any atom is 0.219 e. The van der Waals surface area contributed by atoms with Crippen LogP contribution in [-0.2, 0) is 0 Å². The molecule has 74 valence electrons. The molecule has 0 saturated heterocycles. The highest BCUT2D eigenvalue weighted by molar-refractivity contribution is 4.89. The largest absolute Gasteiger partial charge is 0.425 e. The van der Waals surface area contributed by atoms with Gasteiger partial charge >= 0.3 is 0 Å². The molecular weight excluding hydrogens is 164 g/mol. The van der Waals surface area contributed by atoms with E-state index in [9.17, 15) is 0 Å². The van der Waals surface area contributed by atoms with Crippen molar-refractivity contribution in [2.45, 2.75) is 52.4 Å². The normalized spacial score (nSPS) is 13.2. The van der Waals surface area contributed by atoms with Crippen molar-refractivity contribution in [1.82, 2.24) is 10.2 Å². The van der Waals surface area contributed by atoms with Crippen LogP contribution in [0, 0.1) is 6.92 Å². The quantitative estimate of drug-likeness (QED) is 0.702. The van der Waals surface area contributed by atoms with Crippen LogP contribution in [0.5, 0.6) is 0 Å². The first-order chi connectivity index (χ1) is 6.27. The highest BCUT2D eigenvalue weighted by atomic mass is 16.4. The van der Waals surface area contributed by atoms with E-state index in [0.29, 0.717) is 11.8 Å². The Kier molecular flexibility index (Phi) is 3.93. The predicted molar refractivity (Wildman–Crippen MR) is 51.6 cm³/mol. The molecular formula is C10H18N2O. The minimum Gasteiger partial charge on any atom is -0.425 e. The third kappa shape index (κ3) is 2.83. The summed E-state index contributed by atoms with van der Waals surface area (Å²) in [4.78, 5) is 0. The fourth-order valence-corrected chi connectivity index (χ4v) is 1.43. The summed E-state index contributed by atoms with van der Waals surface area (Å²) in [6.45, 7) is 6.20. The molecule has 0 spiro atoms. The Bertz CT molecular complexity index is 245. The molecule has 0 N–H and O–H groups in total. The van der Waals surface area contributed by atoms with E-state index in [1.54, 1.807) is 0 Å². The Morgan fingerprint density at radius 1 is 1.31 bits per heavy atom. The molecule has 1 unspecified atom stereocenters. The maximum atomic E-state index is 5.41. The molecule has 1 aromatic rings. The lowest BCUT2D eigenvalue weighted by Crippen LogP contribution is -1.97. The second kappa shape index (κ2) is 5.00. The Labute approximate surface area is 79.6 Å². The highest BCUT2D eigenvalue weighted by Crippen LogP contribution is 2.23.